The highest BCUT2D eigenvalue weighted by atomic mass is 15.4. The van der Waals surface area contributed by atoms with Crippen LogP contribution in [0.2, 0.25) is 0 Å². The third-order valence-corrected chi connectivity index (χ3v) is 2.98. The minimum Gasteiger partial charge on any atom is -0.292 e. The fourth-order valence-electron chi connectivity index (χ4n) is 1.62. The summed E-state index contributed by atoms with van der Waals surface area (Å²) in [6, 6.07) is 2.43. The lowest BCUT2D eigenvalue weighted by Gasteiger charge is -2.17. The van der Waals surface area contributed by atoms with Gasteiger partial charge in [0.1, 0.15) is 0 Å². The maximum atomic E-state index is 2.57. The molecule has 1 heteroatoms. The average molecular weight is 141 g/mol. The number of rotatable bonds is 2. The molecule has 60 valence electrons. The summed E-state index contributed by atoms with van der Waals surface area (Å²) in [7, 11) is 0. The Labute approximate surface area is 64.4 Å². The average Bonchev–Trinajstić information content (AvgIpc) is 2.40. The number of hydrogen-bond donors (Lipinski definition) is 0. The summed E-state index contributed by atoms with van der Waals surface area (Å²) in [5, 5.41) is 0. The highest BCUT2D eigenvalue weighted by molar-refractivity contribution is 4.99. The summed E-state index contributed by atoms with van der Waals surface area (Å²) in [5.41, 5.74) is 0. The van der Waals surface area contributed by atoms with Gasteiger partial charge in [-0.05, 0) is 26.7 Å². The highest BCUT2D eigenvalue weighted by Gasteiger charge is 2.43. The van der Waals surface area contributed by atoms with Crippen LogP contribution in [0.3, 0.4) is 0 Å². The van der Waals surface area contributed by atoms with Gasteiger partial charge in [0, 0.05) is 18.1 Å². The Morgan fingerprint density at radius 3 is 1.50 bits per heavy atom. The molecule has 0 aromatic heterocycles. The monoisotopic (exact) mass is 141 g/mol. The molecule has 0 aromatic carbocycles. The second kappa shape index (κ2) is 2.54. The zero-order valence-corrected chi connectivity index (χ0v) is 7.76. The van der Waals surface area contributed by atoms with Crippen LogP contribution >= 0.6 is 0 Å². The van der Waals surface area contributed by atoms with Gasteiger partial charge in [-0.15, -0.1) is 0 Å². The van der Waals surface area contributed by atoms with Crippen LogP contribution in [0, 0.1) is 5.92 Å². The maximum absolute atomic E-state index is 2.57. The summed E-state index contributed by atoms with van der Waals surface area (Å²) < 4.78 is 0. The van der Waals surface area contributed by atoms with Crippen molar-refractivity contribution in [3.8, 4) is 0 Å². The van der Waals surface area contributed by atoms with E-state index >= 15 is 0 Å². The smallest absolute Gasteiger partial charge is 0.0227 e. The van der Waals surface area contributed by atoms with Crippen molar-refractivity contribution < 1.29 is 0 Å². The molecule has 0 bridgehead atoms. The van der Waals surface area contributed by atoms with Crippen molar-refractivity contribution in [2.45, 2.75) is 52.7 Å². The Hall–Kier alpha value is -0.0400. The third kappa shape index (κ3) is 1.20. The van der Waals surface area contributed by atoms with Crippen LogP contribution in [0.15, 0.2) is 0 Å². The molecule has 1 fully saturated rings. The summed E-state index contributed by atoms with van der Waals surface area (Å²) in [6.07, 6.45) is 0. The first-order valence-electron chi connectivity index (χ1n) is 4.33. The maximum Gasteiger partial charge on any atom is 0.0227 e. The van der Waals surface area contributed by atoms with Crippen LogP contribution < -0.4 is 0 Å². The second-order valence-electron chi connectivity index (χ2n) is 3.91. The van der Waals surface area contributed by atoms with E-state index in [0.717, 1.165) is 24.0 Å². The van der Waals surface area contributed by atoms with E-state index in [0.29, 0.717) is 0 Å². The van der Waals surface area contributed by atoms with Gasteiger partial charge in [-0.3, -0.25) is 4.90 Å². The Bertz CT molecular complexity index is 105. The van der Waals surface area contributed by atoms with E-state index in [1.165, 1.54) is 0 Å². The molecule has 0 N–H and O–H groups in total. The van der Waals surface area contributed by atoms with E-state index in [1.54, 1.807) is 0 Å². The zero-order chi connectivity index (χ0) is 7.89. The van der Waals surface area contributed by atoms with Gasteiger partial charge < -0.3 is 0 Å². The van der Waals surface area contributed by atoms with Gasteiger partial charge in [0.2, 0.25) is 0 Å². The van der Waals surface area contributed by atoms with E-state index in [4.69, 9.17) is 0 Å². The van der Waals surface area contributed by atoms with Crippen molar-refractivity contribution in [2.24, 2.45) is 5.92 Å². The second-order valence-corrected chi connectivity index (χ2v) is 3.91. The van der Waals surface area contributed by atoms with Gasteiger partial charge in [-0.1, -0.05) is 13.8 Å². The highest BCUT2D eigenvalue weighted by Crippen LogP contribution is 2.32. The van der Waals surface area contributed by atoms with E-state index in [1.807, 2.05) is 0 Å². The van der Waals surface area contributed by atoms with Crippen molar-refractivity contribution in [3.63, 3.8) is 0 Å². The van der Waals surface area contributed by atoms with Gasteiger partial charge in [-0.25, -0.2) is 0 Å². The van der Waals surface area contributed by atoms with Crippen LogP contribution in [0.5, 0.6) is 0 Å². The number of hydrogen-bond acceptors (Lipinski definition) is 1. The minimum absolute atomic E-state index is 0.769. The molecular weight excluding hydrogens is 122 g/mol. The first kappa shape index (κ1) is 8.06. The predicted molar refractivity (Wildman–Crippen MR) is 45.1 cm³/mol. The Balaban J connectivity index is 2.38. The Morgan fingerprint density at radius 2 is 1.40 bits per heavy atom. The summed E-state index contributed by atoms with van der Waals surface area (Å²) in [5.74, 6) is 0.799. The lowest BCUT2D eigenvalue weighted by Crippen LogP contribution is -2.23. The van der Waals surface area contributed by atoms with Crippen molar-refractivity contribution in [1.82, 2.24) is 4.90 Å². The molecule has 0 spiro atoms. The molecule has 3 unspecified atom stereocenters. The molecule has 0 amide bonds. The molecule has 1 heterocycles. The molecule has 0 aromatic rings. The Morgan fingerprint density at radius 1 is 1.00 bits per heavy atom. The van der Waals surface area contributed by atoms with Crippen LogP contribution in [-0.4, -0.2) is 23.0 Å². The van der Waals surface area contributed by atoms with E-state index in [9.17, 15) is 0 Å². The largest absolute Gasteiger partial charge is 0.292 e. The van der Waals surface area contributed by atoms with Gasteiger partial charge in [0.05, 0.1) is 0 Å². The normalized spacial score (nSPS) is 42.0. The molecule has 1 aliphatic rings. The van der Waals surface area contributed by atoms with Gasteiger partial charge >= 0.3 is 0 Å². The third-order valence-electron chi connectivity index (χ3n) is 2.98. The van der Waals surface area contributed by atoms with E-state index < -0.39 is 0 Å². The predicted octanol–water partition coefficient (Wildman–Crippen LogP) is 2.12. The zero-order valence-electron chi connectivity index (χ0n) is 7.76. The Kier molecular flexibility index (Phi) is 2.04. The molecule has 1 saturated heterocycles. The first-order valence-corrected chi connectivity index (χ1v) is 4.33. The molecular formula is C9H19N. The van der Waals surface area contributed by atoms with E-state index in [2.05, 4.69) is 39.5 Å². The van der Waals surface area contributed by atoms with Crippen LogP contribution in [0.25, 0.3) is 0 Å². The van der Waals surface area contributed by atoms with Crippen molar-refractivity contribution >= 4 is 0 Å². The first-order chi connectivity index (χ1) is 4.55. The van der Waals surface area contributed by atoms with Crippen LogP contribution in [0.1, 0.15) is 34.6 Å². The molecule has 0 saturated carbocycles. The lowest BCUT2D eigenvalue weighted by atomic mass is 10.1. The topological polar surface area (TPSA) is 3.01 Å². The fraction of sp³-hybridized carbons (Fsp3) is 1.00. The van der Waals surface area contributed by atoms with Crippen molar-refractivity contribution in [3.05, 3.63) is 0 Å². The van der Waals surface area contributed by atoms with Crippen LogP contribution in [-0.2, 0) is 0 Å². The molecule has 1 aliphatic heterocycles. The molecule has 0 radical (unpaired) electrons. The van der Waals surface area contributed by atoms with Gasteiger partial charge in [0.15, 0.2) is 0 Å². The molecule has 3 atom stereocenters. The molecule has 0 aliphatic carbocycles. The minimum atomic E-state index is 0.769. The van der Waals surface area contributed by atoms with Crippen molar-refractivity contribution in [2.75, 3.05) is 0 Å². The molecule has 10 heavy (non-hydrogen) atoms. The van der Waals surface area contributed by atoms with Gasteiger partial charge in [0.25, 0.3) is 0 Å². The van der Waals surface area contributed by atoms with E-state index in [-0.39, 0.29) is 0 Å². The summed E-state index contributed by atoms with van der Waals surface area (Å²) in [4.78, 5) is 2.57. The van der Waals surface area contributed by atoms with Crippen LogP contribution in [0.4, 0.5) is 0 Å². The summed E-state index contributed by atoms with van der Waals surface area (Å²) >= 11 is 0. The number of nitrogens with zero attached hydrogens (tertiary/aromatic N) is 1. The quantitative estimate of drug-likeness (QED) is 0.532. The lowest BCUT2D eigenvalue weighted by molar-refractivity contribution is 0.303. The molecule has 1 nitrogen and oxygen atoms in total. The van der Waals surface area contributed by atoms with Gasteiger partial charge in [-0.2, -0.15) is 0 Å². The SMILES string of the molecule is CC(C)C(C)N1C(C)C1C. The molecule has 1 rings (SSSR count). The standard InChI is InChI=1S/C9H19N/c1-6(2)7(3)10-8(4)9(10)5/h6-9H,1-5H3. The summed E-state index contributed by atoms with van der Waals surface area (Å²) in [6.45, 7) is 11.5. The fourth-order valence-corrected chi connectivity index (χ4v) is 1.62. The van der Waals surface area contributed by atoms with Crippen molar-refractivity contribution in [1.29, 1.82) is 0 Å².